The highest BCUT2D eigenvalue weighted by Crippen LogP contribution is 2.56. The molecule has 0 radical (unpaired) electrons. The third-order valence-electron chi connectivity index (χ3n) is 9.15. The van der Waals surface area contributed by atoms with Gasteiger partial charge in [0.2, 0.25) is 0 Å². The van der Waals surface area contributed by atoms with E-state index in [-0.39, 0.29) is 5.41 Å². The minimum atomic E-state index is -0.189. The largest absolute Gasteiger partial charge is 0.292 e. The van der Waals surface area contributed by atoms with Crippen LogP contribution in [0.4, 0.5) is 0 Å². The van der Waals surface area contributed by atoms with Gasteiger partial charge in [-0.25, -0.2) is 9.97 Å². The van der Waals surface area contributed by atoms with E-state index in [1.807, 2.05) is 6.07 Å². The molecule has 2 aromatic heterocycles. The first-order valence-electron chi connectivity index (χ1n) is 14.5. The molecular weight excluding hydrogens is 510 g/mol. The molecule has 6 aromatic carbocycles. The molecule has 0 fully saturated rings. The minimum Gasteiger partial charge on any atom is -0.292 e. The van der Waals surface area contributed by atoms with Crippen molar-refractivity contribution in [2.45, 2.75) is 19.3 Å². The number of fused-ring (bicyclic) bond motifs is 11. The quantitative estimate of drug-likeness (QED) is 0.205. The molecule has 8 aromatic rings. The molecule has 0 amide bonds. The Balaban J connectivity index is 1.58. The van der Waals surface area contributed by atoms with Crippen LogP contribution in [0, 0.1) is 0 Å². The van der Waals surface area contributed by atoms with Crippen LogP contribution in [0.3, 0.4) is 0 Å². The predicted octanol–water partition coefficient (Wildman–Crippen LogP) is 9.85. The second-order valence-electron chi connectivity index (χ2n) is 11.8. The summed E-state index contributed by atoms with van der Waals surface area (Å²) in [7, 11) is 0. The first-order chi connectivity index (χ1) is 20.6. The van der Waals surface area contributed by atoms with Gasteiger partial charge in [0.05, 0.1) is 16.7 Å². The Bertz CT molecular complexity index is 2380. The Morgan fingerprint density at radius 2 is 1.14 bits per heavy atom. The molecule has 0 spiro atoms. The summed E-state index contributed by atoms with van der Waals surface area (Å²) in [5, 5.41) is 7.40. The predicted molar refractivity (Wildman–Crippen MR) is 174 cm³/mol. The van der Waals surface area contributed by atoms with E-state index in [9.17, 15) is 0 Å². The van der Waals surface area contributed by atoms with Crippen LogP contribution in [-0.4, -0.2) is 14.5 Å². The molecule has 3 heteroatoms. The molecule has 0 atom stereocenters. The van der Waals surface area contributed by atoms with Crippen molar-refractivity contribution in [1.82, 2.24) is 14.5 Å². The van der Waals surface area contributed by atoms with Crippen molar-refractivity contribution in [1.29, 1.82) is 0 Å². The molecule has 1 aliphatic rings. The van der Waals surface area contributed by atoms with Gasteiger partial charge in [0.25, 0.3) is 0 Å². The molecule has 198 valence electrons. The van der Waals surface area contributed by atoms with Crippen LogP contribution in [0.15, 0.2) is 127 Å². The van der Waals surface area contributed by atoms with E-state index in [1.54, 1.807) is 0 Å². The summed E-state index contributed by atoms with van der Waals surface area (Å²) < 4.78 is 2.46. The van der Waals surface area contributed by atoms with Crippen LogP contribution in [0.2, 0.25) is 0 Å². The SMILES string of the molecule is CC1(C)c2ccccc2-c2c1c1c3ccccc3c3ccccc3c1n2-c1nc(-c2ccccc2)nc2ccccc12. The van der Waals surface area contributed by atoms with Gasteiger partial charge in [0, 0.05) is 32.7 Å². The van der Waals surface area contributed by atoms with Crippen LogP contribution in [-0.2, 0) is 5.41 Å². The molecule has 0 aliphatic heterocycles. The zero-order valence-electron chi connectivity index (χ0n) is 23.5. The zero-order chi connectivity index (χ0) is 28.0. The molecule has 0 saturated heterocycles. The van der Waals surface area contributed by atoms with Gasteiger partial charge in [0.1, 0.15) is 5.82 Å². The fourth-order valence-electron chi connectivity index (χ4n) is 7.34. The fourth-order valence-corrected chi connectivity index (χ4v) is 7.34. The maximum Gasteiger partial charge on any atom is 0.162 e. The number of hydrogen-bond acceptors (Lipinski definition) is 2. The number of aromatic nitrogens is 3. The molecule has 0 N–H and O–H groups in total. The van der Waals surface area contributed by atoms with Crippen molar-refractivity contribution in [3.8, 4) is 28.5 Å². The lowest BCUT2D eigenvalue weighted by Crippen LogP contribution is -2.14. The number of nitrogens with zero attached hydrogens (tertiary/aromatic N) is 3. The summed E-state index contributed by atoms with van der Waals surface area (Å²) in [4.78, 5) is 10.5. The van der Waals surface area contributed by atoms with Crippen molar-refractivity contribution >= 4 is 43.4 Å². The normalized spacial score (nSPS) is 13.7. The monoisotopic (exact) mass is 537 g/mol. The molecule has 1 aliphatic carbocycles. The lowest BCUT2D eigenvalue weighted by molar-refractivity contribution is 0.666. The number of hydrogen-bond donors (Lipinski definition) is 0. The molecule has 3 nitrogen and oxygen atoms in total. The van der Waals surface area contributed by atoms with Gasteiger partial charge < -0.3 is 0 Å². The minimum absolute atomic E-state index is 0.189. The molecule has 42 heavy (non-hydrogen) atoms. The van der Waals surface area contributed by atoms with Crippen molar-refractivity contribution in [3.63, 3.8) is 0 Å². The number of para-hydroxylation sites is 1. The summed E-state index contributed by atoms with van der Waals surface area (Å²) in [5.41, 5.74) is 8.18. The number of rotatable bonds is 2. The first-order valence-corrected chi connectivity index (χ1v) is 14.5. The van der Waals surface area contributed by atoms with E-state index in [4.69, 9.17) is 9.97 Å². The number of benzene rings is 6. The topological polar surface area (TPSA) is 30.7 Å². The summed E-state index contributed by atoms with van der Waals surface area (Å²) in [6, 6.07) is 45.4. The Kier molecular flexibility index (Phi) is 4.67. The van der Waals surface area contributed by atoms with Gasteiger partial charge in [-0.2, -0.15) is 0 Å². The molecule has 0 unspecified atom stereocenters. The second-order valence-corrected chi connectivity index (χ2v) is 11.8. The van der Waals surface area contributed by atoms with Gasteiger partial charge >= 0.3 is 0 Å². The standard InChI is InChI=1S/C39H27N3/c1-39(2)31-22-12-10-20-29(31)36-34(39)33-27-18-8-6-16-25(27)26-17-7-9-19-28(26)35(33)42(36)38-30-21-11-13-23-32(30)40-37(41-38)24-14-4-3-5-15-24/h3-23H,1-2H3. The van der Waals surface area contributed by atoms with Crippen LogP contribution in [0.1, 0.15) is 25.0 Å². The van der Waals surface area contributed by atoms with E-state index in [0.29, 0.717) is 0 Å². The van der Waals surface area contributed by atoms with E-state index < -0.39 is 0 Å². The van der Waals surface area contributed by atoms with E-state index in [2.05, 4.69) is 140 Å². The van der Waals surface area contributed by atoms with Gasteiger partial charge in [-0.1, -0.05) is 129 Å². The van der Waals surface area contributed by atoms with Gasteiger partial charge in [-0.05, 0) is 39.4 Å². The van der Waals surface area contributed by atoms with E-state index >= 15 is 0 Å². The Hall–Kier alpha value is -5.28. The average molecular weight is 538 g/mol. The molecule has 9 rings (SSSR count). The summed E-state index contributed by atoms with van der Waals surface area (Å²) in [6.07, 6.45) is 0. The van der Waals surface area contributed by atoms with Crippen molar-refractivity contribution < 1.29 is 0 Å². The summed E-state index contributed by atoms with van der Waals surface area (Å²) in [6.45, 7) is 4.75. The van der Waals surface area contributed by atoms with Crippen LogP contribution in [0.5, 0.6) is 0 Å². The third kappa shape index (κ3) is 3.00. The molecule has 0 bridgehead atoms. The van der Waals surface area contributed by atoms with Crippen molar-refractivity contribution in [3.05, 3.63) is 139 Å². The van der Waals surface area contributed by atoms with Gasteiger partial charge in [-0.15, -0.1) is 0 Å². The highest BCUT2D eigenvalue weighted by molar-refractivity contribution is 6.28. The smallest absolute Gasteiger partial charge is 0.162 e. The van der Waals surface area contributed by atoms with Gasteiger partial charge in [0.15, 0.2) is 5.82 Å². The lowest BCUT2D eigenvalue weighted by Gasteiger charge is -2.22. The van der Waals surface area contributed by atoms with Crippen molar-refractivity contribution in [2.75, 3.05) is 0 Å². The van der Waals surface area contributed by atoms with Crippen LogP contribution < -0.4 is 0 Å². The highest BCUT2D eigenvalue weighted by atomic mass is 15.1. The Morgan fingerprint density at radius 3 is 1.93 bits per heavy atom. The average Bonchev–Trinajstić information content (AvgIpc) is 3.52. The van der Waals surface area contributed by atoms with E-state index in [0.717, 1.165) is 28.1 Å². The Morgan fingerprint density at radius 1 is 0.548 bits per heavy atom. The summed E-state index contributed by atoms with van der Waals surface area (Å²) >= 11 is 0. The molecular formula is C39H27N3. The maximum atomic E-state index is 5.40. The zero-order valence-corrected chi connectivity index (χ0v) is 23.5. The molecule has 0 saturated carbocycles. The second kappa shape index (κ2) is 8.37. The van der Waals surface area contributed by atoms with E-state index in [1.165, 1.54) is 54.8 Å². The molecule has 2 heterocycles. The fraction of sp³-hybridized carbons (Fsp3) is 0.0769. The Labute approximate surface area is 243 Å². The maximum absolute atomic E-state index is 5.40. The highest BCUT2D eigenvalue weighted by Gasteiger charge is 2.42. The summed E-state index contributed by atoms with van der Waals surface area (Å²) in [5.74, 6) is 1.65. The lowest BCUT2D eigenvalue weighted by atomic mass is 9.80. The van der Waals surface area contributed by atoms with Crippen LogP contribution in [0.25, 0.3) is 71.8 Å². The van der Waals surface area contributed by atoms with Crippen LogP contribution >= 0.6 is 0 Å². The van der Waals surface area contributed by atoms with Gasteiger partial charge in [-0.3, -0.25) is 4.57 Å². The first kappa shape index (κ1) is 23.4. The third-order valence-corrected chi connectivity index (χ3v) is 9.15. The van der Waals surface area contributed by atoms with Crippen molar-refractivity contribution in [2.24, 2.45) is 0 Å².